The van der Waals surface area contributed by atoms with Crippen LogP contribution >= 0.6 is 11.9 Å². The molecule has 9 heteroatoms. The van der Waals surface area contributed by atoms with Gasteiger partial charge in [-0.25, -0.2) is 9.37 Å². The molecule has 2 aromatic heterocycles. The van der Waals surface area contributed by atoms with E-state index in [1.165, 1.54) is 12.1 Å². The molecule has 0 aliphatic rings. The maximum atomic E-state index is 14.4. The minimum absolute atomic E-state index is 0.00956. The molecule has 0 aliphatic heterocycles. The van der Waals surface area contributed by atoms with E-state index in [9.17, 15) is 14.3 Å². The first-order valence-electron chi connectivity index (χ1n) is 10.3. The van der Waals surface area contributed by atoms with Crippen LogP contribution < -0.4 is 10.5 Å². The molecule has 0 unspecified atom stereocenters. The molecule has 3 rings (SSSR count). The fraction of sp³-hybridized carbons (Fsp3) is 0.348. The number of nitrogens with zero attached hydrogens (tertiary/aromatic N) is 3. The van der Waals surface area contributed by atoms with Crippen molar-refractivity contribution < 1.29 is 14.3 Å². The van der Waals surface area contributed by atoms with Gasteiger partial charge in [0, 0.05) is 18.9 Å². The SMILES string of the molecule is CC(C)c1cc(F)cc(-c2ccnc(NCC(C)(C)n3cc(SN)cn3)c2)c1CC(=O)O. The predicted octanol–water partition coefficient (Wildman–Crippen LogP) is 4.65. The molecular formula is C23H28FN5O2S. The minimum Gasteiger partial charge on any atom is -0.481 e. The Morgan fingerprint density at radius 3 is 2.72 bits per heavy atom. The smallest absolute Gasteiger partial charge is 0.307 e. The van der Waals surface area contributed by atoms with Crippen molar-refractivity contribution in [1.29, 1.82) is 0 Å². The van der Waals surface area contributed by atoms with Gasteiger partial charge >= 0.3 is 5.97 Å². The molecule has 0 saturated carbocycles. The highest BCUT2D eigenvalue weighted by atomic mass is 32.2. The summed E-state index contributed by atoms with van der Waals surface area (Å²) in [6, 6.07) is 6.39. The number of benzene rings is 1. The zero-order valence-electron chi connectivity index (χ0n) is 18.6. The van der Waals surface area contributed by atoms with E-state index in [4.69, 9.17) is 5.14 Å². The van der Waals surface area contributed by atoms with Crippen LogP contribution in [-0.4, -0.2) is 32.4 Å². The average Bonchev–Trinajstić information content (AvgIpc) is 3.23. The molecule has 1 aromatic carbocycles. The predicted molar refractivity (Wildman–Crippen MR) is 125 cm³/mol. The van der Waals surface area contributed by atoms with Crippen molar-refractivity contribution in [3.63, 3.8) is 0 Å². The molecule has 32 heavy (non-hydrogen) atoms. The first kappa shape index (κ1) is 23.7. The van der Waals surface area contributed by atoms with Crippen LogP contribution in [0.5, 0.6) is 0 Å². The lowest BCUT2D eigenvalue weighted by Crippen LogP contribution is -2.35. The molecule has 0 radical (unpaired) electrons. The van der Waals surface area contributed by atoms with Crippen molar-refractivity contribution in [1.82, 2.24) is 14.8 Å². The number of rotatable bonds is 9. The van der Waals surface area contributed by atoms with E-state index in [1.807, 2.05) is 44.6 Å². The van der Waals surface area contributed by atoms with Gasteiger partial charge in [0.05, 0.1) is 23.1 Å². The summed E-state index contributed by atoms with van der Waals surface area (Å²) in [6.07, 6.45) is 5.05. The number of carboxylic acids is 1. The highest BCUT2D eigenvalue weighted by Gasteiger charge is 2.22. The van der Waals surface area contributed by atoms with Gasteiger partial charge in [-0.1, -0.05) is 13.8 Å². The molecule has 4 N–H and O–H groups in total. The van der Waals surface area contributed by atoms with E-state index in [0.29, 0.717) is 34.6 Å². The maximum absolute atomic E-state index is 14.4. The fourth-order valence-corrected chi connectivity index (χ4v) is 3.83. The molecule has 7 nitrogen and oxygen atoms in total. The lowest BCUT2D eigenvalue weighted by atomic mass is 9.88. The monoisotopic (exact) mass is 457 g/mol. The largest absolute Gasteiger partial charge is 0.481 e. The molecule has 0 fully saturated rings. The summed E-state index contributed by atoms with van der Waals surface area (Å²) in [7, 11) is 0. The molecule has 3 aromatic rings. The Kier molecular flexibility index (Phi) is 7.20. The molecule has 0 bridgehead atoms. The Balaban J connectivity index is 1.91. The number of nitrogens with two attached hydrogens (primary N) is 1. The second-order valence-electron chi connectivity index (χ2n) is 8.58. The molecule has 0 spiro atoms. The molecule has 170 valence electrons. The van der Waals surface area contributed by atoms with Crippen LogP contribution in [0.3, 0.4) is 0 Å². The first-order valence-corrected chi connectivity index (χ1v) is 11.1. The maximum Gasteiger partial charge on any atom is 0.307 e. The van der Waals surface area contributed by atoms with Gasteiger partial charge in [0.25, 0.3) is 0 Å². The Hall–Kier alpha value is -2.91. The minimum atomic E-state index is -0.955. The zero-order valence-corrected chi connectivity index (χ0v) is 19.4. The fourth-order valence-electron chi connectivity index (χ4n) is 3.56. The average molecular weight is 458 g/mol. The topological polar surface area (TPSA) is 106 Å². The summed E-state index contributed by atoms with van der Waals surface area (Å²) < 4.78 is 16.3. The van der Waals surface area contributed by atoms with E-state index in [-0.39, 0.29) is 17.9 Å². The van der Waals surface area contributed by atoms with E-state index >= 15 is 0 Å². The number of aromatic nitrogens is 3. The van der Waals surface area contributed by atoms with Gasteiger partial charge in [-0.3, -0.25) is 14.6 Å². The third-order valence-electron chi connectivity index (χ3n) is 5.29. The van der Waals surface area contributed by atoms with Crippen LogP contribution in [0.1, 0.15) is 44.7 Å². The van der Waals surface area contributed by atoms with Crippen LogP contribution in [-0.2, 0) is 16.8 Å². The lowest BCUT2D eigenvalue weighted by molar-refractivity contribution is -0.136. The first-order chi connectivity index (χ1) is 15.1. The zero-order chi connectivity index (χ0) is 23.5. The number of hydrogen-bond donors (Lipinski definition) is 3. The van der Waals surface area contributed by atoms with Crippen LogP contribution in [0.15, 0.2) is 47.8 Å². The number of anilines is 1. The Labute approximate surface area is 191 Å². The van der Waals surface area contributed by atoms with E-state index in [1.54, 1.807) is 18.5 Å². The van der Waals surface area contributed by atoms with Crippen LogP contribution in [0.2, 0.25) is 0 Å². The van der Waals surface area contributed by atoms with E-state index in [2.05, 4.69) is 15.4 Å². The normalized spacial score (nSPS) is 11.7. The lowest BCUT2D eigenvalue weighted by Gasteiger charge is -2.26. The van der Waals surface area contributed by atoms with Crippen molar-refractivity contribution in [3.05, 3.63) is 59.8 Å². The quantitative estimate of drug-likeness (QED) is 0.402. The van der Waals surface area contributed by atoms with Crippen molar-refractivity contribution >= 4 is 23.7 Å². The van der Waals surface area contributed by atoms with Gasteiger partial charge in [-0.15, -0.1) is 0 Å². The molecule has 0 saturated heterocycles. The number of aliphatic carboxylic acids is 1. The number of hydrogen-bond acceptors (Lipinski definition) is 6. The van der Waals surface area contributed by atoms with Gasteiger partial charge in [0.2, 0.25) is 0 Å². The van der Waals surface area contributed by atoms with Crippen molar-refractivity contribution in [2.45, 2.75) is 50.5 Å². The third-order valence-corrected chi connectivity index (χ3v) is 5.77. The van der Waals surface area contributed by atoms with Gasteiger partial charge in [0.1, 0.15) is 11.6 Å². The van der Waals surface area contributed by atoms with Crippen molar-refractivity contribution in [2.24, 2.45) is 5.14 Å². The van der Waals surface area contributed by atoms with Gasteiger partial charge in [-0.2, -0.15) is 5.10 Å². The summed E-state index contributed by atoms with van der Waals surface area (Å²) in [5, 5.41) is 22.7. The number of halogens is 1. The second kappa shape index (κ2) is 9.70. The summed E-state index contributed by atoms with van der Waals surface area (Å²) in [6.45, 7) is 8.45. The summed E-state index contributed by atoms with van der Waals surface area (Å²) in [5.41, 5.74) is 2.23. The molecule has 0 aliphatic carbocycles. The third kappa shape index (κ3) is 5.46. The summed E-state index contributed by atoms with van der Waals surface area (Å²) in [5.74, 6) is -0.752. The van der Waals surface area contributed by atoms with Gasteiger partial charge in [0.15, 0.2) is 0 Å². The van der Waals surface area contributed by atoms with Crippen LogP contribution in [0, 0.1) is 5.82 Å². The van der Waals surface area contributed by atoms with Gasteiger partial charge in [-0.05, 0) is 78.2 Å². The number of pyridine rings is 1. The standard InChI is InChI=1S/C23H28FN5O2S/c1-14(2)18-8-16(24)9-19(20(18)10-22(30)31)15-5-6-26-21(7-15)27-13-23(3,4)29-12-17(32-25)11-28-29/h5-9,11-12,14H,10,13,25H2,1-4H3,(H,26,27)(H,30,31). The molecular weight excluding hydrogens is 429 g/mol. The Morgan fingerprint density at radius 2 is 2.09 bits per heavy atom. The number of carbonyl (C=O) groups is 1. The van der Waals surface area contributed by atoms with Crippen molar-refractivity contribution in [3.8, 4) is 11.1 Å². The van der Waals surface area contributed by atoms with Gasteiger partial charge < -0.3 is 10.4 Å². The Morgan fingerprint density at radius 1 is 1.34 bits per heavy atom. The van der Waals surface area contributed by atoms with Crippen LogP contribution in [0.25, 0.3) is 11.1 Å². The highest BCUT2D eigenvalue weighted by Crippen LogP contribution is 2.33. The van der Waals surface area contributed by atoms with E-state index < -0.39 is 11.8 Å². The number of carboxylic acid groups (broad SMARTS) is 1. The summed E-state index contributed by atoms with van der Waals surface area (Å²) in [4.78, 5) is 16.8. The van der Waals surface area contributed by atoms with E-state index in [0.717, 1.165) is 16.8 Å². The molecule has 2 heterocycles. The van der Waals surface area contributed by atoms with Crippen molar-refractivity contribution in [2.75, 3.05) is 11.9 Å². The molecule has 0 amide bonds. The molecule has 0 atom stereocenters. The second-order valence-corrected chi connectivity index (χ2v) is 9.29. The highest BCUT2D eigenvalue weighted by molar-refractivity contribution is 7.97. The summed E-state index contributed by atoms with van der Waals surface area (Å²) >= 11 is 1.14. The number of nitrogens with one attached hydrogen (secondary N) is 1. The van der Waals surface area contributed by atoms with Crippen LogP contribution in [0.4, 0.5) is 10.2 Å². The Bertz CT molecular complexity index is 1110.